The molecule has 20 heavy (non-hydrogen) atoms. The molecule has 0 radical (unpaired) electrons. The van der Waals surface area contributed by atoms with Crippen LogP contribution in [0.5, 0.6) is 5.75 Å². The Kier molecular flexibility index (Phi) is 4.71. The maximum absolute atomic E-state index is 11.7. The molecule has 0 aliphatic rings. The zero-order valence-electron chi connectivity index (χ0n) is 11.3. The zero-order chi connectivity index (χ0) is 14.4. The van der Waals surface area contributed by atoms with Gasteiger partial charge in [-0.25, -0.2) is 0 Å². The largest absolute Gasteiger partial charge is 0.466 e. The first-order valence-electron chi connectivity index (χ1n) is 6.54. The van der Waals surface area contributed by atoms with Gasteiger partial charge in [0.1, 0.15) is 5.75 Å². The van der Waals surface area contributed by atoms with Gasteiger partial charge in [-0.1, -0.05) is 36.4 Å². The molecule has 2 aromatic rings. The van der Waals surface area contributed by atoms with E-state index in [1.807, 2.05) is 36.4 Å². The lowest BCUT2D eigenvalue weighted by Gasteiger charge is -2.07. The van der Waals surface area contributed by atoms with Crippen molar-refractivity contribution < 1.29 is 19.1 Å². The SMILES string of the molecule is CCOC(=O)CCC(=O)Oc1cccc2ccccc12. The van der Waals surface area contributed by atoms with E-state index in [-0.39, 0.29) is 18.8 Å². The maximum Gasteiger partial charge on any atom is 0.311 e. The Labute approximate surface area is 117 Å². The van der Waals surface area contributed by atoms with E-state index in [4.69, 9.17) is 9.47 Å². The summed E-state index contributed by atoms with van der Waals surface area (Å²) < 4.78 is 10.1. The molecule has 0 N–H and O–H groups in total. The number of rotatable bonds is 5. The molecule has 0 aliphatic heterocycles. The average molecular weight is 272 g/mol. The van der Waals surface area contributed by atoms with Gasteiger partial charge in [-0.05, 0) is 18.4 Å². The number of esters is 2. The third kappa shape index (κ3) is 3.57. The van der Waals surface area contributed by atoms with Crippen LogP contribution >= 0.6 is 0 Å². The van der Waals surface area contributed by atoms with Gasteiger partial charge in [0, 0.05) is 5.39 Å². The third-order valence-corrected chi connectivity index (χ3v) is 2.81. The Bertz CT molecular complexity index is 613. The van der Waals surface area contributed by atoms with Crippen molar-refractivity contribution >= 4 is 22.7 Å². The Balaban J connectivity index is 2.01. The molecule has 4 nitrogen and oxygen atoms in total. The van der Waals surface area contributed by atoms with E-state index in [0.29, 0.717) is 12.4 Å². The van der Waals surface area contributed by atoms with Gasteiger partial charge in [0.15, 0.2) is 0 Å². The van der Waals surface area contributed by atoms with Gasteiger partial charge >= 0.3 is 11.9 Å². The summed E-state index contributed by atoms with van der Waals surface area (Å²) in [6.07, 6.45) is 0.0551. The van der Waals surface area contributed by atoms with Crippen molar-refractivity contribution in [3.05, 3.63) is 42.5 Å². The van der Waals surface area contributed by atoms with E-state index in [1.165, 1.54) is 0 Å². The van der Waals surface area contributed by atoms with Gasteiger partial charge < -0.3 is 9.47 Å². The van der Waals surface area contributed by atoms with Gasteiger partial charge in [0.25, 0.3) is 0 Å². The Morgan fingerprint density at radius 3 is 2.45 bits per heavy atom. The van der Waals surface area contributed by atoms with Gasteiger partial charge in [-0.15, -0.1) is 0 Å². The van der Waals surface area contributed by atoms with Crippen LogP contribution in [-0.2, 0) is 14.3 Å². The van der Waals surface area contributed by atoms with Crippen LogP contribution in [0, 0.1) is 0 Å². The molecule has 0 saturated carbocycles. The maximum atomic E-state index is 11.7. The lowest BCUT2D eigenvalue weighted by Crippen LogP contribution is -2.12. The summed E-state index contributed by atoms with van der Waals surface area (Å²) in [7, 11) is 0. The average Bonchev–Trinajstić information content (AvgIpc) is 2.46. The molecular weight excluding hydrogens is 256 g/mol. The number of fused-ring (bicyclic) bond motifs is 1. The molecule has 4 heteroatoms. The smallest absolute Gasteiger partial charge is 0.311 e. The molecule has 0 spiro atoms. The highest BCUT2D eigenvalue weighted by molar-refractivity contribution is 5.90. The summed E-state index contributed by atoms with van der Waals surface area (Å²) in [6, 6.07) is 13.2. The zero-order valence-corrected chi connectivity index (χ0v) is 11.3. The second-order valence-corrected chi connectivity index (χ2v) is 4.26. The highest BCUT2D eigenvalue weighted by Crippen LogP contribution is 2.25. The number of carbonyl (C=O) groups is 2. The van der Waals surface area contributed by atoms with Crippen molar-refractivity contribution in [3.8, 4) is 5.75 Å². The molecule has 0 bridgehead atoms. The van der Waals surface area contributed by atoms with Crippen LogP contribution in [0.3, 0.4) is 0 Å². The number of hydrogen-bond donors (Lipinski definition) is 0. The molecule has 2 rings (SSSR count). The normalized spacial score (nSPS) is 10.2. The molecule has 0 aliphatic carbocycles. The van der Waals surface area contributed by atoms with Crippen LogP contribution in [0.1, 0.15) is 19.8 Å². The monoisotopic (exact) mass is 272 g/mol. The molecule has 0 amide bonds. The number of ether oxygens (including phenoxy) is 2. The van der Waals surface area contributed by atoms with E-state index in [1.54, 1.807) is 13.0 Å². The minimum Gasteiger partial charge on any atom is -0.466 e. The standard InChI is InChI=1S/C16H16O4/c1-2-19-15(17)10-11-16(18)20-14-9-5-7-12-6-3-4-8-13(12)14/h3-9H,2,10-11H2,1H3. The highest BCUT2D eigenvalue weighted by Gasteiger charge is 2.11. The molecule has 0 saturated heterocycles. The van der Waals surface area contributed by atoms with E-state index >= 15 is 0 Å². The number of carbonyl (C=O) groups excluding carboxylic acids is 2. The molecule has 0 unspecified atom stereocenters. The number of hydrogen-bond acceptors (Lipinski definition) is 4. The van der Waals surface area contributed by atoms with Gasteiger partial charge in [0.2, 0.25) is 0 Å². The van der Waals surface area contributed by atoms with Gasteiger partial charge in [-0.3, -0.25) is 9.59 Å². The van der Waals surface area contributed by atoms with Crippen molar-refractivity contribution in [3.63, 3.8) is 0 Å². The topological polar surface area (TPSA) is 52.6 Å². The molecule has 0 aromatic heterocycles. The minimum absolute atomic E-state index is 0.0159. The lowest BCUT2D eigenvalue weighted by atomic mass is 10.1. The van der Waals surface area contributed by atoms with Gasteiger partial charge in [-0.2, -0.15) is 0 Å². The molecule has 0 fully saturated rings. The van der Waals surface area contributed by atoms with E-state index < -0.39 is 5.97 Å². The number of benzene rings is 2. The summed E-state index contributed by atoms with van der Waals surface area (Å²) in [5, 5.41) is 1.88. The van der Waals surface area contributed by atoms with Crippen LogP contribution in [0.4, 0.5) is 0 Å². The molecule has 0 atom stereocenters. The van der Waals surface area contributed by atoms with Crippen LogP contribution < -0.4 is 4.74 Å². The Hall–Kier alpha value is -2.36. The molecule has 0 heterocycles. The minimum atomic E-state index is -0.436. The first-order chi connectivity index (χ1) is 9.70. The quantitative estimate of drug-likeness (QED) is 0.620. The summed E-state index contributed by atoms with van der Waals surface area (Å²) in [5.74, 6) is -0.311. The summed E-state index contributed by atoms with van der Waals surface area (Å²) in [6.45, 7) is 2.05. The summed E-state index contributed by atoms with van der Waals surface area (Å²) in [5.41, 5.74) is 0. The predicted molar refractivity (Wildman–Crippen MR) is 75.5 cm³/mol. The second-order valence-electron chi connectivity index (χ2n) is 4.26. The Morgan fingerprint density at radius 1 is 0.950 bits per heavy atom. The molecular formula is C16H16O4. The van der Waals surface area contributed by atoms with Crippen molar-refractivity contribution in [1.82, 2.24) is 0 Å². The van der Waals surface area contributed by atoms with Crippen molar-refractivity contribution in [2.24, 2.45) is 0 Å². The van der Waals surface area contributed by atoms with Crippen LogP contribution in [0.2, 0.25) is 0 Å². The first-order valence-corrected chi connectivity index (χ1v) is 6.54. The fraction of sp³-hybridized carbons (Fsp3) is 0.250. The van der Waals surface area contributed by atoms with Crippen molar-refractivity contribution in [1.29, 1.82) is 0 Å². The van der Waals surface area contributed by atoms with E-state index in [0.717, 1.165) is 10.8 Å². The molecule has 2 aromatic carbocycles. The van der Waals surface area contributed by atoms with Crippen molar-refractivity contribution in [2.75, 3.05) is 6.61 Å². The Morgan fingerprint density at radius 2 is 1.65 bits per heavy atom. The fourth-order valence-electron chi connectivity index (χ4n) is 1.90. The summed E-state index contributed by atoms with van der Waals surface area (Å²) in [4.78, 5) is 22.9. The molecule has 104 valence electrons. The van der Waals surface area contributed by atoms with E-state index in [2.05, 4.69) is 0 Å². The first kappa shape index (κ1) is 14.1. The lowest BCUT2D eigenvalue weighted by molar-refractivity contribution is -0.146. The van der Waals surface area contributed by atoms with Crippen molar-refractivity contribution in [2.45, 2.75) is 19.8 Å². The predicted octanol–water partition coefficient (Wildman–Crippen LogP) is 3.09. The summed E-state index contributed by atoms with van der Waals surface area (Å²) >= 11 is 0. The van der Waals surface area contributed by atoms with E-state index in [9.17, 15) is 9.59 Å². The van der Waals surface area contributed by atoms with Crippen LogP contribution in [0.25, 0.3) is 10.8 Å². The van der Waals surface area contributed by atoms with Crippen LogP contribution in [-0.4, -0.2) is 18.5 Å². The fourth-order valence-corrected chi connectivity index (χ4v) is 1.90. The highest BCUT2D eigenvalue weighted by atomic mass is 16.5. The second kappa shape index (κ2) is 6.70. The van der Waals surface area contributed by atoms with Gasteiger partial charge in [0.05, 0.1) is 19.4 Å². The van der Waals surface area contributed by atoms with Crippen LogP contribution in [0.15, 0.2) is 42.5 Å². The third-order valence-electron chi connectivity index (χ3n) is 2.81.